The summed E-state index contributed by atoms with van der Waals surface area (Å²) in [5.41, 5.74) is 5.70. The number of aliphatic hydroxyl groups excluding tert-OH is 1. The van der Waals surface area contributed by atoms with Gasteiger partial charge in [0, 0.05) is 11.3 Å². The summed E-state index contributed by atoms with van der Waals surface area (Å²) in [5.74, 6) is 0.947. The second-order valence-corrected chi connectivity index (χ2v) is 5.82. The fourth-order valence-corrected chi connectivity index (χ4v) is 2.67. The molecule has 1 fully saturated rings. The summed E-state index contributed by atoms with van der Waals surface area (Å²) in [6.45, 7) is 6.46. The summed E-state index contributed by atoms with van der Waals surface area (Å²) in [5, 5.41) is 9.51. The monoisotopic (exact) mass is 256 g/mol. The van der Waals surface area contributed by atoms with Gasteiger partial charge in [0.15, 0.2) is 0 Å². The van der Waals surface area contributed by atoms with Crippen molar-refractivity contribution in [3.05, 3.63) is 40.8 Å². The number of aliphatic hydroxyl groups is 1. The standard InChI is InChI=1S/C16H20N2O/c1-10-4-5-13(11(2)8-10)14-12(3)17-15(18-14)16(9-19)6-7-16/h4-5,8,19H,6-7,9H2,1-3H3,(H,17,18). The molecule has 1 aromatic heterocycles. The minimum absolute atomic E-state index is 0.0956. The third-order valence-corrected chi connectivity index (χ3v) is 4.18. The molecule has 100 valence electrons. The van der Waals surface area contributed by atoms with Gasteiger partial charge in [-0.3, -0.25) is 0 Å². The van der Waals surface area contributed by atoms with Crippen molar-refractivity contribution in [2.24, 2.45) is 0 Å². The van der Waals surface area contributed by atoms with E-state index in [2.05, 4.69) is 44.0 Å². The number of rotatable bonds is 3. The van der Waals surface area contributed by atoms with Crippen molar-refractivity contribution in [1.82, 2.24) is 9.97 Å². The van der Waals surface area contributed by atoms with Crippen LogP contribution in [0.2, 0.25) is 0 Å². The fourth-order valence-electron chi connectivity index (χ4n) is 2.67. The number of benzene rings is 1. The zero-order chi connectivity index (χ0) is 13.6. The molecule has 0 aliphatic heterocycles. The van der Waals surface area contributed by atoms with Crippen LogP contribution < -0.4 is 0 Å². The van der Waals surface area contributed by atoms with Crippen molar-refractivity contribution in [3.8, 4) is 11.3 Å². The maximum absolute atomic E-state index is 9.51. The molecule has 1 aliphatic carbocycles. The molecule has 0 bridgehead atoms. The van der Waals surface area contributed by atoms with Gasteiger partial charge in [-0.25, -0.2) is 4.98 Å². The third kappa shape index (κ3) is 1.98. The van der Waals surface area contributed by atoms with Crippen LogP contribution >= 0.6 is 0 Å². The minimum Gasteiger partial charge on any atom is -0.395 e. The average molecular weight is 256 g/mol. The van der Waals surface area contributed by atoms with E-state index in [1.807, 2.05) is 0 Å². The molecule has 0 atom stereocenters. The van der Waals surface area contributed by atoms with Crippen LogP contribution in [0.15, 0.2) is 18.2 Å². The highest BCUT2D eigenvalue weighted by molar-refractivity contribution is 5.66. The predicted molar refractivity (Wildman–Crippen MR) is 76.2 cm³/mol. The number of imidazole rings is 1. The largest absolute Gasteiger partial charge is 0.395 e. The normalized spacial score (nSPS) is 16.6. The third-order valence-electron chi connectivity index (χ3n) is 4.18. The highest BCUT2D eigenvalue weighted by Crippen LogP contribution is 2.47. The first-order chi connectivity index (χ1) is 9.05. The number of aryl methyl sites for hydroxylation is 3. The van der Waals surface area contributed by atoms with E-state index in [1.54, 1.807) is 0 Å². The van der Waals surface area contributed by atoms with E-state index in [9.17, 15) is 5.11 Å². The molecule has 0 radical (unpaired) electrons. The molecule has 3 nitrogen and oxygen atoms in total. The lowest BCUT2D eigenvalue weighted by Gasteiger charge is -2.07. The van der Waals surface area contributed by atoms with Crippen molar-refractivity contribution < 1.29 is 5.11 Å². The van der Waals surface area contributed by atoms with Crippen LogP contribution in [-0.4, -0.2) is 21.7 Å². The summed E-state index contributed by atoms with van der Waals surface area (Å²) in [4.78, 5) is 8.13. The van der Waals surface area contributed by atoms with Crippen molar-refractivity contribution in [1.29, 1.82) is 0 Å². The Kier molecular flexibility index (Phi) is 2.75. The average Bonchev–Trinajstić information content (AvgIpc) is 3.08. The zero-order valence-electron chi connectivity index (χ0n) is 11.7. The molecule has 0 saturated heterocycles. The van der Waals surface area contributed by atoms with Gasteiger partial charge in [-0.2, -0.15) is 0 Å². The topological polar surface area (TPSA) is 48.9 Å². The lowest BCUT2D eigenvalue weighted by atomic mass is 10.0. The van der Waals surface area contributed by atoms with E-state index in [4.69, 9.17) is 4.98 Å². The van der Waals surface area contributed by atoms with E-state index < -0.39 is 0 Å². The molecule has 0 spiro atoms. The summed E-state index contributed by atoms with van der Waals surface area (Å²) in [6.07, 6.45) is 2.06. The second-order valence-electron chi connectivity index (χ2n) is 5.82. The molecule has 3 rings (SSSR count). The van der Waals surface area contributed by atoms with E-state index in [0.29, 0.717) is 0 Å². The molecule has 1 saturated carbocycles. The van der Waals surface area contributed by atoms with E-state index in [-0.39, 0.29) is 12.0 Å². The second kappa shape index (κ2) is 4.20. The van der Waals surface area contributed by atoms with Gasteiger partial charge in [0.05, 0.1) is 17.7 Å². The summed E-state index contributed by atoms with van der Waals surface area (Å²) in [6, 6.07) is 6.44. The van der Waals surface area contributed by atoms with Gasteiger partial charge in [0.2, 0.25) is 0 Å². The maximum atomic E-state index is 9.51. The predicted octanol–water partition coefficient (Wildman–Crippen LogP) is 3.03. The number of aromatic amines is 1. The Morgan fingerprint density at radius 3 is 2.58 bits per heavy atom. The molecule has 2 aromatic rings. The van der Waals surface area contributed by atoms with Gasteiger partial charge in [0.1, 0.15) is 5.82 Å². The highest BCUT2D eigenvalue weighted by atomic mass is 16.3. The number of hydrogen-bond donors (Lipinski definition) is 2. The van der Waals surface area contributed by atoms with Crippen LogP contribution in [0.5, 0.6) is 0 Å². The van der Waals surface area contributed by atoms with Crippen LogP contribution in [-0.2, 0) is 5.41 Å². The molecular formula is C16H20N2O. The van der Waals surface area contributed by atoms with Gasteiger partial charge in [-0.05, 0) is 39.2 Å². The Bertz CT molecular complexity index is 624. The van der Waals surface area contributed by atoms with Crippen LogP contribution in [0.4, 0.5) is 0 Å². The number of nitrogens with one attached hydrogen (secondary N) is 1. The quantitative estimate of drug-likeness (QED) is 0.886. The van der Waals surface area contributed by atoms with Gasteiger partial charge < -0.3 is 10.1 Å². The van der Waals surface area contributed by atoms with Crippen molar-refractivity contribution in [3.63, 3.8) is 0 Å². The SMILES string of the molecule is Cc1ccc(-c2nc(C3(CO)CC3)[nH]c2C)c(C)c1. The first-order valence-corrected chi connectivity index (χ1v) is 6.81. The Labute approximate surface area is 113 Å². The Morgan fingerprint density at radius 1 is 1.26 bits per heavy atom. The number of hydrogen-bond acceptors (Lipinski definition) is 2. The number of H-pyrrole nitrogens is 1. The van der Waals surface area contributed by atoms with Crippen LogP contribution in [0.1, 0.15) is 35.5 Å². The maximum Gasteiger partial charge on any atom is 0.115 e. The highest BCUT2D eigenvalue weighted by Gasteiger charge is 2.46. The number of aromatic nitrogens is 2. The van der Waals surface area contributed by atoms with Crippen LogP contribution in [0, 0.1) is 20.8 Å². The first-order valence-electron chi connectivity index (χ1n) is 6.81. The molecule has 1 aromatic carbocycles. The van der Waals surface area contributed by atoms with Gasteiger partial charge >= 0.3 is 0 Å². The van der Waals surface area contributed by atoms with E-state index in [1.165, 1.54) is 16.7 Å². The summed E-state index contributed by atoms with van der Waals surface area (Å²) >= 11 is 0. The molecule has 1 aliphatic rings. The molecule has 0 amide bonds. The summed E-state index contributed by atoms with van der Waals surface area (Å²) in [7, 11) is 0. The van der Waals surface area contributed by atoms with Gasteiger partial charge in [-0.1, -0.05) is 23.8 Å². The molecule has 2 N–H and O–H groups in total. The lowest BCUT2D eigenvalue weighted by molar-refractivity contribution is 0.250. The van der Waals surface area contributed by atoms with Gasteiger partial charge in [-0.15, -0.1) is 0 Å². The minimum atomic E-state index is -0.0956. The van der Waals surface area contributed by atoms with Gasteiger partial charge in [0.25, 0.3) is 0 Å². The molecule has 19 heavy (non-hydrogen) atoms. The smallest absolute Gasteiger partial charge is 0.115 e. The Balaban J connectivity index is 2.06. The van der Waals surface area contributed by atoms with Crippen LogP contribution in [0.25, 0.3) is 11.3 Å². The lowest BCUT2D eigenvalue weighted by Crippen LogP contribution is -2.13. The molecule has 3 heteroatoms. The Morgan fingerprint density at radius 2 is 2.00 bits per heavy atom. The van der Waals surface area contributed by atoms with E-state index in [0.717, 1.165) is 30.1 Å². The van der Waals surface area contributed by atoms with Crippen molar-refractivity contribution >= 4 is 0 Å². The van der Waals surface area contributed by atoms with Crippen molar-refractivity contribution in [2.45, 2.75) is 39.0 Å². The fraction of sp³-hybridized carbons (Fsp3) is 0.438. The van der Waals surface area contributed by atoms with E-state index >= 15 is 0 Å². The molecule has 0 unspecified atom stereocenters. The number of nitrogens with zero attached hydrogens (tertiary/aromatic N) is 1. The summed E-state index contributed by atoms with van der Waals surface area (Å²) < 4.78 is 0. The first kappa shape index (κ1) is 12.4. The zero-order valence-corrected chi connectivity index (χ0v) is 11.7. The van der Waals surface area contributed by atoms with Crippen molar-refractivity contribution in [2.75, 3.05) is 6.61 Å². The van der Waals surface area contributed by atoms with Crippen LogP contribution in [0.3, 0.4) is 0 Å². The molecular weight excluding hydrogens is 236 g/mol. The Hall–Kier alpha value is -1.61. The molecule has 1 heterocycles.